The number of nitriles is 1. The van der Waals surface area contributed by atoms with Gasteiger partial charge in [0.2, 0.25) is 5.91 Å². The third-order valence-corrected chi connectivity index (χ3v) is 2.05. The Hall–Kier alpha value is -2.16. The van der Waals surface area contributed by atoms with E-state index in [1.165, 1.54) is 6.20 Å². The average Bonchev–Trinajstić information content (AvgIpc) is 2.27. The molecule has 90 valence electrons. The molecule has 0 atom stereocenters. The van der Waals surface area contributed by atoms with Gasteiger partial charge in [0.25, 0.3) is 0 Å². The van der Waals surface area contributed by atoms with E-state index in [1.54, 1.807) is 11.0 Å². The van der Waals surface area contributed by atoms with Gasteiger partial charge in [-0.1, -0.05) is 13.8 Å². The third kappa shape index (κ3) is 3.72. The Kier molecular flexibility index (Phi) is 4.40. The van der Waals surface area contributed by atoms with E-state index >= 15 is 0 Å². The molecule has 0 aliphatic carbocycles. The van der Waals surface area contributed by atoms with Crippen molar-refractivity contribution >= 4 is 11.7 Å². The Bertz CT molecular complexity index is 438. The lowest BCUT2D eigenvalue weighted by molar-refractivity contribution is -0.116. The van der Waals surface area contributed by atoms with Gasteiger partial charge in [0, 0.05) is 6.54 Å². The number of primary amides is 1. The monoisotopic (exact) mass is 233 g/mol. The van der Waals surface area contributed by atoms with Gasteiger partial charge in [-0.15, -0.1) is 5.10 Å². The van der Waals surface area contributed by atoms with Gasteiger partial charge < -0.3 is 10.6 Å². The minimum atomic E-state index is -0.458. The van der Waals surface area contributed by atoms with E-state index in [0.29, 0.717) is 23.8 Å². The molecule has 0 saturated heterocycles. The van der Waals surface area contributed by atoms with E-state index in [4.69, 9.17) is 11.0 Å². The molecule has 6 nitrogen and oxygen atoms in total. The summed E-state index contributed by atoms with van der Waals surface area (Å²) in [6.07, 6.45) is 1.44. The lowest BCUT2D eigenvalue weighted by Gasteiger charge is -2.24. The van der Waals surface area contributed by atoms with Crippen LogP contribution in [0.3, 0.4) is 0 Å². The lowest BCUT2D eigenvalue weighted by Crippen LogP contribution is -2.37. The van der Waals surface area contributed by atoms with Crippen molar-refractivity contribution in [3.8, 4) is 6.07 Å². The van der Waals surface area contributed by atoms with Gasteiger partial charge in [0.05, 0.1) is 18.3 Å². The van der Waals surface area contributed by atoms with Crippen molar-refractivity contribution in [2.45, 2.75) is 13.8 Å². The smallest absolute Gasteiger partial charge is 0.237 e. The number of hydrogen-bond acceptors (Lipinski definition) is 5. The molecule has 0 unspecified atom stereocenters. The summed E-state index contributed by atoms with van der Waals surface area (Å²) in [7, 11) is 0. The number of nitrogens with zero attached hydrogens (tertiary/aromatic N) is 4. The first kappa shape index (κ1) is 12.9. The molecule has 0 saturated carbocycles. The predicted octanol–water partition coefficient (Wildman–Crippen LogP) is 0.296. The number of rotatable bonds is 5. The Morgan fingerprint density at radius 1 is 1.65 bits per heavy atom. The second-order valence-electron chi connectivity index (χ2n) is 4.12. The van der Waals surface area contributed by atoms with Gasteiger partial charge in [0.15, 0.2) is 5.82 Å². The van der Waals surface area contributed by atoms with Crippen molar-refractivity contribution in [2.24, 2.45) is 11.7 Å². The largest absolute Gasteiger partial charge is 0.368 e. The van der Waals surface area contributed by atoms with Gasteiger partial charge in [0.1, 0.15) is 6.07 Å². The molecule has 6 heteroatoms. The fourth-order valence-electron chi connectivity index (χ4n) is 1.50. The molecule has 0 aliphatic heterocycles. The first-order valence-corrected chi connectivity index (χ1v) is 5.29. The molecule has 0 aliphatic rings. The fraction of sp³-hybridized carbons (Fsp3) is 0.455. The highest BCUT2D eigenvalue weighted by atomic mass is 16.1. The Morgan fingerprint density at radius 2 is 2.35 bits per heavy atom. The highest BCUT2D eigenvalue weighted by Crippen LogP contribution is 2.16. The summed E-state index contributed by atoms with van der Waals surface area (Å²) in [5.41, 5.74) is 5.58. The van der Waals surface area contributed by atoms with Gasteiger partial charge in [-0.3, -0.25) is 4.79 Å². The zero-order valence-electron chi connectivity index (χ0n) is 9.92. The van der Waals surface area contributed by atoms with Crippen LogP contribution in [0.4, 0.5) is 5.82 Å². The van der Waals surface area contributed by atoms with Crippen molar-refractivity contribution in [1.82, 2.24) is 10.2 Å². The van der Waals surface area contributed by atoms with Gasteiger partial charge in [-0.25, -0.2) is 0 Å². The number of nitrogens with two attached hydrogens (primary N) is 1. The minimum absolute atomic E-state index is 0.0333. The molecule has 17 heavy (non-hydrogen) atoms. The van der Waals surface area contributed by atoms with Crippen LogP contribution in [0.2, 0.25) is 0 Å². The third-order valence-electron chi connectivity index (χ3n) is 2.05. The minimum Gasteiger partial charge on any atom is -0.368 e. The molecule has 1 amide bonds. The number of aromatic nitrogens is 2. The van der Waals surface area contributed by atoms with Crippen LogP contribution in [0, 0.1) is 17.2 Å². The maximum atomic E-state index is 11.0. The summed E-state index contributed by atoms with van der Waals surface area (Å²) in [5, 5.41) is 16.6. The number of hydrogen-bond donors (Lipinski definition) is 1. The van der Waals surface area contributed by atoms with E-state index in [-0.39, 0.29) is 6.54 Å². The topological polar surface area (TPSA) is 95.9 Å². The molecule has 0 aromatic carbocycles. The van der Waals surface area contributed by atoms with Crippen LogP contribution in [-0.2, 0) is 4.79 Å². The number of anilines is 1. The first-order valence-electron chi connectivity index (χ1n) is 5.29. The summed E-state index contributed by atoms with van der Waals surface area (Å²) in [6, 6.07) is 3.59. The second kappa shape index (κ2) is 5.80. The maximum absolute atomic E-state index is 11.0. The van der Waals surface area contributed by atoms with E-state index in [9.17, 15) is 4.79 Å². The van der Waals surface area contributed by atoms with Crippen LogP contribution in [0.5, 0.6) is 0 Å². The van der Waals surface area contributed by atoms with Crippen molar-refractivity contribution in [2.75, 3.05) is 18.0 Å². The fourth-order valence-corrected chi connectivity index (χ4v) is 1.50. The summed E-state index contributed by atoms with van der Waals surface area (Å²) >= 11 is 0. The number of carbonyl (C=O) groups is 1. The molecule has 0 spiro atoms. The van der Waals surface area contributed by atoms with Crippen LogP contribution < -0.4 is 10.6 Å². The number of carbonyl (C=O) groups excluding carboxylic acids is 1. The molecule has 1 heterocycles. The summed E-state index contributed by atoms with van der Waals surface area (Å²) in [4.78, 5) is 12.7. The molecule has 2 N–H and O–H groups in total. The van der Waals surface area contributed by atoms with E-state index in [0.717, 1.165) is 0 Å². The van der Waals surface area contributed by atoms with Crippen LogP contribution in [0.15, 0.2) is 12.3 Å². The predicted molar refractivity (Wildman–Crippen MR) is 63.0 cm³/mol. The van der Waals surface area contributed by atoms with Crippen LogP contribution in [-0.4, -0.2) is 29.2 Å². The van der Waals surface area contributed by atoms with Crippen molar-refractivity contribution in [3.05, 3.63) is 17.8 Å². The normalized spacial score (nSPS) is 10.0. The summed E-state index contributed by atoms with van der Waals surface area (Å²) < 4.78 is 0. The highest BCUT2D eigenvalue weighted by Gasteiger charge is 2.16. The van der Waals surface area contributed by atoms with E-state index in [1.807, 2.05) is 19.9 Å². The van der Waals surface area contributed by atoms with Crippen molar-refractivity contribution in [1.29, 1.82) is 5.26 Å². The van der Waals surface area contributed by atoms with Gasteiger partial charge >= 0.3 is 0 Å². The van der Waals surface area contributed by atoms with Crippen LogP contribution in [0.1, 0.15) is 19.4 Å². The van der Waals surface area contributed by atoms with Crippen molar-refractivity contribution < 1.29 is 4.79 Å². The Labute approximate surface area is 100 Å². The second-order valence-corrected chi connectivity index (χ2v) is 4.12. The molecule has 0 fully saturated rings. The Morgan fingerprint density at radius 3 is 2.88 bits per heavy atom. The molecule has 0 radical (unpaired) electrons. The molecule has 1 aromatic heterocycles. The quantitative estimate of drug-likeness (QED) is 0.788. The summed E-state index contributed by atoms with van der Waals surface area (Å²) in [5.74, 6) is 0.269. The zero-order chi connectivity index (χ0) is 12.8. The lowest BCUT2D eigenvalue weighted by atomic mass is 10.2. The zero-order valence-corrected chi connectivity index (χ0v) is 9.92. The van der Waals surface area contributed by atoms with Crippen molar-refractivity contribution in [3.63, 3.8) is 0 Å². The van der Waals surface area contributed by atoms with Crippen LogP contribution in [0.25, 0.3) is 0 Å². The van der Waals surface area contributed by atoms with Crippen LogP contribution >= 0.6 is 0 Å². The number of amides is 1. The average molecular weight is 233 g/mol. The highest BCUT2D eigenvalue weighted by molar-refractivity contribution is 5.79. The molecule has 1 aromatic rings. The molecule has 1 rings (SSSR count). The SMILES string of the molecule is CC(C)CN(CC(N)=O)c1nnccc1C#N. The van der Waals surface area contributed by atoms with E-state index < -0.39 is 5.91 Å². The van der Waals surface area contributed by atoms with Gasteiger partial charge in [-0.05, 0) is 12.0 Å². The van der Waals surface area contributed by atoms with Gasteiger partial charge in [-0.2, -0.15) is 10.4 Å². The molecular weight excluding hydrogens is 218 g/mol. The summed E-state index contributed by atoms with van der Waals surface area (Å²) in [6.45, 7) is 4.65. The first-order chi connectivity index (χ1) is 8.04. The maximum Gasteiger partial charge on any atom is 0.237 e. The molecular formula is C11H15N5O. The standard InChI is InChI=1S/C11H15N5O/c1-8(2)6-16(7-10(13)17)11-9(5-12)3-4-14-15-11/h3-4,8H,6-7H2,1-2H3,(H2,13,17). The van der Waals surface area contributed by atoms with E-state index in [2.05, 4.69) is 10.2 Å². The Balaban J connectivity index is 3.03. The molecule has 0 bridgehead atoms.